The van der Waals surface area contributed by atoms with Crippen LogP contribution in [0.4, 0.5) is 0 Å². The first-order chi connectivity index (χ1) is 10.7. The molecule has 5 rings (SSSR count). The van der Waals surface area contributed by atoms with Gasteiger partial charge in [-0.3, -0.25) is 0 Å². The van der Waals surface area contributed by atoms with Crippen molar-refractivity contribution in [1.29, 1.82) is 5.26 Å². The summed E-state index contributed by atoms with van der Waals surface area (Å²) in [5.74, 6) is 0.752. The molecule has 5 nitrogen and oxygen atoms in total. The van der Waals surface area contributed by atoms with Crippen LogP contribution < -0.4 is 0 Å². The summed E-state index contributed by atoms with van der Waals surface area (Å²) < 4.78 is 7.29. The van der Waals surface area contributed by atoms with Crippen LogP contribution in [0, 0.1) is 23.7 Å². The monoisotopic (exact) mass is 290 g/mol. The number of aromatic nitrogens is 3. The standard InChI is InChI=1S/C17H14N4O/c1-11-7-19-15(22-11)21-14-6-13(3-2-12(14)8-20-21)17(10-18)9-16(17)4-5-16/h2-3,6-8H,4-5,9H2,1H3/t17-/m0/s1. The van der Waals surface area contributed by atoms with Crippen molar-refractivity contribution in [2.45, 2.75) is 31.6 Å². The molecule has 5 heteroatoms. The van der Waals surface area contributed by atoms with Gasteiger partial charge < -0.3 is 4.42 Å². The molecule has 3 aromatic rings. The molecule has 108 valence electrons. The third-order valence-electron chi connectivity index (χ3n) is 5.28. The molecule has 2 heterocycles. The molecule has 0 saturated heterocycles. The third kappa shape index (κ3) is 1.32. The molecule has 1 aromatic carbocycles. The summed E-state index contributed by atoms with van der Waals surface area (Å²) in [5.41, 5.74) is 2.02. The zero-order chi connectivity index (χ0) is 14.9. The van der Waals surface area contributed by atoms with Gasteiger partial charge in [-0.15, -0.1) is 0 Å². The van der Waals surface area contributed by atoms with Gasteiger partial charge in [0, 0.05) is 5.39 Å². The first-order valence-electron chi connectivity index (χ1n) is 7.50. The summed E-state index contributed by atoms with van der Waals surface area (Å²) in [6, 6.07) is 9.23. The molecule has 2 saturated carbocycles. The number of rotatable bonds is 2. The van der Waals surface area contributed by atoms with E-state index in [4.69, 9.17) is 4.42 Å². The van der Waals surface area contributed by atoms with Gasteiger partial charge in [0.2, 0.25) is 0 Å². The van der Waals surface area contributed by atoms with Gasteiger partial charge in [0.1, 0.15) is 5.76 Å². The number of aryl methyl sites for hydroxylation is 1. The van der Waals surface area contributed by atoms with Gasteiger partial charge in [-0.05, 0) is 43.2 Å². The highest BCUT2D eigenvalue weighted by molar-refractivity contribution is 5.81. The van der Waals surface area contributed by atoms with Crippen LogP contribution in [0.5, 0.6) is 0 Å². The predicted octanol–water partition coefficient (Wildman–Crippen LogP) is 3.27. The van der Waals surface area contributed by atoms with Gasteiger partial charge >= 0.3 is 6.01 Å². The Labute approximate surface area is 127 Å². The minimum atomic E-state index is -0.289. The van der Waals surface area contributed by atoms with Crippen LogP contribution >= 0.6 is 0 Å². The van der Waals surface area contributed by atoms with E-state index in [0.29, 0.717) is 6.01 Å². The lowest BCUT2D eigenvalue weighted by Crippen LogP contribution is -2.07. The Hall–Kier alpha value is -2.61. The number of nitriles is 1. The van der Waals surface area contributed by atoms with Crippen molar-refractivity contribution in [3.8, 4) is 12.1 Å². The van der Waals surface area contributed by atoms with E-state index in [1.807, 2.05) is 13.0 Å². The van der Waals surface area contributed by atoms with Crippen LogP contribution in [0.25, 0.3) is 16.9 Å². The molecule has 1 atom stereocenters. The summed E-state index contributed by atoms with van der Waals surface area (Å²) >= 11 is 0. The highest BCUT2D eigenvalue weighted by Crippen LogP contribution is 2.78. The fraction of sp³-hybridized carbons (Fsp3) is 0.353. The molecule has 0 aliphatic heterocycles. The zero-order valence-electron chi connectivity index (χ0n) is 12.2. The second-order valence-electron chi connectivity index (χ2n) is 6.56. The Kier molecular flexibility index (Phi) is 1.95. The summed E-state index contributed by atoms with van der Waals surface area (Å²) in [6.07, 6.45) is 6.84. The topological polar surface area (TPSA) is 67.6 Å². The quantitative estimate of drug-likeness (QED) is 0.726. The molecule has 2 aliphatic rings. The van der Waals surface area contributed by atoms with Crippen molar-refractivity contribution in [3.63, 3.8) is 0 Å². The van der Waals surface area contributed by atoms with Gasteiger partial charge in [-0.25, -0.2) is 0 Å². The number of hydrogen-bond donors (Lipinski definition) is 0. The van der Waals surface area contributed by atoms with E-state index in [2.05, 4.69) is 28.3 Å². The Morgan fingerprint density at radius 3 is 2.82 bits per heavy atom. The van der Waals surface area contributed by atoms with Crippen molar-refractivity contribution in [3.05, 3.63) is 41.9 Å². The fourth-order valence-electron chi connectivity index (χ4n) is 3.73. The first kappa shape index (κ1) is 12.0. The maximum absolute atomic E-state index is 9.69. The Morgan fingerprint density at radius 1 is 1.32 bits per heavy atom. The number of benzene rings is 1. The van der Waals surface area contributed by atoms with Crippen molar-refractivity contribution >= 4 is 10.9 Å². The average molecular weight is 290 g/mol. The summed E-state index contributed by atoms with van der Waals surface area (Å²) in [5, 5.41) is 15.1. The van der Waals surface area contributed by atoms with E-state index in [9.17, 15) is 5.26 Å². The Morgan fingerprint density at radius 2 is 2.18 bits per heavy atom. The van der Waals surface area contributed by atoms with Crippen LogP contribution in [0.1, 0.15) is 30.6 Å². The molecule has 2 fully saturated rings. The van der Waals surface area contributed by atoms with Crippen LogP contribution in [0.2, 0.25) is 0 Å². The van der Waals surface area contributed by atoms with Crippen molar-refractivity contribution < 1.29 is 4.42 Å². The summed E-state index contributed by atoms with van der Waals surface area (Å²) in [4.78, 5) is 4.25. The Bertz CT molecular complexity index is 957. The normalized spacial score (nSPS) is 24.5. The number of hydrogen-bond acceptors (Lipinski definition) is 4. The lowest BCUT2D eigenvalue weighted by atomic mass is 9.93. The van der Waals surface area contributed by atoms with Crippen molar-refractivity contribution in [2.75, 3.05) is 0 Å². The SMILES string of the molecule is Cc1cnc(-n2ncc3ccc([C@@]4(C#N)CC45CC5)cc32)o1. The van der Waals surface area contributed by atoms with E-state index in [0.717, 1.165) is 28.6 Å². The fourth-order valence-corrected chi connectivity index (χ4v) is 3.73. The molecule has 2 aliphatic carbocycles. The molecule has 22 heavy (non-hydrogen) atoms. The van der Waals surface area contributed by atoms with E-state index in [1.54, 1.807) is 17.1 Å². The predicted molar refractivity (Wildman–Crippen MR) is 79.4 cm³/mol. The number of oxazole rings is 1. The lowest BCUT2D eigenvalue weighted by Gasteiger charge is -2.09. The molecular formula is C17H14N4O. The molecule has 1 spiro atoms. The minimum absolute atomic E-state index is 0.264. The second kappa shape index (κ2) is 3.58. The molecule has 0 unspecified atom stereocenters. The molecular weight excluding hydrogens is 276 g/mol. The van der Waals surface area contributed by atoms with Gasteiger partial charge in [0.15, 0.2) is 0 Å². The summed E-state index contributed by atoms with van der Waals surface area (Å²) in [6.45, 7) is 1.86. The van der Waals surface area contributed by atoms with Crippen LogP contribution in [0.15, 0.2) is 35.0 Å². The maximum Gasteiger partial charge on any atom is 0.323 e. The van der Waals surface area contributed by atoms with Gasteiger partial charge in [-0.2, -0.15) is 20.0 Å². The molecule has 2 aromatic heterocycles. The minimum Gasteiger partial charge on any atom is -0.427 e. The highest BCUT2D eigenvalue weighted by Gasteiger charge is 2.75. The van der Waals surface area contributed by atoms with Crippen molar-refractivity contribution in [2.24, 2.45) is 5.41 Å². The van der Waals surface area contributed by atoms with Crippen molar-refractivity contribution in [1.82, 2.24) is 14.8 Å². The third-order valence-corrected chi connectivity index (χ3v) is 5.28. The second-order valence-corrected chi connectivity index (χ2v) is 6.56. The molecule has 0 N–H and O–H groups in total. The zero-order valence-corrected chi connectivity index (χ0v) is 12.2. The highest BCUT2D eigenvalue weighted by atomic mass is 16.4. The number of fused-ring (bicyclic) bond motifs is 1. The van der Waals surface area contributed by atoms with Gasteiger partial charge in [0.05, 0.1) is 29.4 Å². The van der Waals surface area contributed by atoms with E-state index >= 15 is 0 Å². The van der Waals surface area contributed by atoms with Gasteiger partial charge in [0.25, 0.3) is 0 Å². The average Bonchev–Trinajstić information content (AvgIpc) is 3.32. The van der Waals surface area contributed by atoms with Crippen LogP contribution in [0.3, 0.4) is 0 Å². The van der Waals surface area contributed by atoms with E-state index in [-0.39, 0.29) is 10.8 Å². The van der Waals surface area contributed by atoms with Crippen LogP contribution in [-0.2, 0) is 5.41 Å². The molecule has 0 amide bonds. The smallest absolute Gasteiger partial charge is 0.323 e. The lowest BCUT2D eigenvalue weighted by molar-refractivity contribution is 0.491. The first-order valence-corrected chi connectivity index (χ1v) is 7.50. The van der Waals surface area contributed by atoms with Gasteiger partial charge in [-0.1, -0.05) is 12.1 Å². The maximum atomic E-state index is 9.69. The number of nitrogens with zero attached hydrogens (tertiary/aromatic N) is 4. The largest absolute Gasteiger partial charge is 0.427 e. The Balaban J connectivity index is 1.69. The van der Waals surface area contributed by atoms with E-state index < -0.39 is 0 Å². The summed E-state index contributed by atoms with van der Waals surface area (Å²) in [7, 11) is 0. The molecule has 0 radical (unpaired) electrons. The van der Waals surface area contributed by atoms with E-state index in [1.165, 1.54) is 12.8 Å². The molecule has 0 bridgehead atoms. The van der Waals surface area contributed by atoms with Crippen LogP contribution in [-0.4, -0.2) is 14.8 Å².